The third-order valence-corrected chi connectivity index (χ3v) is 7.21. The highest BCUT2D eigenvalue weighted by Crippen LogP contribution is 2.41. The van der Waals surface area contributed by atoms with Gasteiger partial charge in [0.05, 0.1) is 19.9 Å². The lowest BCUT2D eigenvalue weighted by Crippen LogP contribution is -2.32. The first-order chi connectivity index (χ1) is 14.5. The second kappa shape index (κ2) is 7.95. The molecule has 10 nitrogen and oxygen atoms in total. The lowest BCUT2D eigenvalue weighted by atomic mass is 10.1. The van der Waals surface area contributed by atoms with E-state index in [4.69, 9.17) is 9.47 Å². The van der Waals surface area contributed by atoms with Gasteiger partial charge in [0.1, 0.15) is 10.5 Å². The molecule has 4 rings (SSSR count). The van der Waals surface area contributed by atoms with E-state index in [9.17, 15) is 13.2 Å². The van der Waals surface area contributed by atoms with Crippen molar-refractivity contribution in [2.24, 2.45) is 0 Å². The largest absolute Gasteiger partial charge is 0.493 e. The molecule has 0 unspecified atom stereocenters. The van der Waals surface area contributed by atoms with Crippen LogP contribution in [0.5, 0.6) is 11.5 Å². The molecule has 0 spiro atoms. The molecule has 12 heteroatoms. The van der Waals surface area contributed by atoms with E-state index in [1.165, 1.54) is 38.1 Å². The van der Waals surface area contributed by atoms with E-state index in [2.05, 4.69) is 15.5 Å². The number of amides is 1. The van der Waals surface area contributed by atoms with E-state index < -0.39 is 15.9 Å². The highest BCUT2D eigenvalue weighted by molar-refractivity contribution is 7.99. The molecule has 30 heavy (non-hydrogen) atoms. The van der Waals surface area contributed by atoms with Crippen molar-refractivity contribution in [3.05, 3.63) is 48.0 Å². The molecular formula is C18H17N5O5S2. The molecule has 0 bridgehead atoms. The molecule has 0 aliphatic carbocycles. The Morgan fingerprint density at radius 3 is 2.53 bits per heavy atom. The van der Waals surface area contributed by atoms with Crippen molar-refractivity contribution in [1.29, 1.82) is 0 Å². The van der Waals surface area contributed by atoms with Crippen LogP contribution in [0.4, 0.5) is 0 Å². The fraction of sp³-hybridized carbons (Fsp3) is 0.222. The van der Waals surface area contributed by atoms with Crippen LogP contribution in [0.1, 0.15) is 10.4 Å². The van der Waals surface area contributed by atoms with Crippen LogP contribution in [0.2, 0.25) is 0 Å². The van der Waals surface area contributed by atoms with Crippen LogP contribution in [-0.2, 0) is 10.0 Å². The third-order valence-electron chi connectivity index (χ3n) is 4.48. The SMILES string of the molecule is COc1ccc2c(c1OC)C(=O)N(CCSc1nnnn1-c1ccccc1)S2(=O)=O. The van der Waals surface area contributed by atoms with E-state index in [1.54, 1.807) is 4.68 Å². The summed E-state index contributed by atoms with van der Waals surface area (Å²) in [6, 6.07) is 12.1. The number of methoxy groups -OCH3 is 2. The first kappa shape index (κ1) is 20.2. The molecule has 0 N–H and O–H groups in total. The molecule has 1 aliphatic heterocycles. The van der Waals surface area contributed by atoms with Gasteiger partial charge in [-0.3, -0.25) is 4.79 Å². The predicted octanol–water partition coefficient (Wildman–Crippen LogP) is 1.62. The molecule has 1 aromatic heterocycles. The second-order valence-corrected chi connectivity index (χ2v) is 9.01. The van der Waals surface area contributed by atoms with E-state index in [0.717, 1.165) is 9.99 Å². The maximum atomic E-state index is 12.9. The molecule has 2 aromatic carbocycles. The fourth-order valence-electron chi connectivity index (χ4n) is 3.12. The highest BCUT2D eigenvalue weighted by atomic mass is 32.2. The molecule has 1 aliphatic rings. The zero-order valence-electron chi connectivity index (χ0n) is 16.0. The van der Waals surface area contributed by atoms with Crippen molar-refractivity contribution >= 4 is 27.7 Å². The van der Waals surface area contributed by atoms with Crippen molar-refractivity contribution in [2.75, 3.05) is 26.5 Å². The summed E-state index contributed by atoms with van der Waals surface area (Å²) in [5.74, 6) is 0.0137. The summed E-state index contributed by atoms with van der Waals surface area (Å²) in [5.41, 5.74) is 0.759. The van der Waals surface area contributed by atoms with Gasteiger partial charge in [0.2, 0.25) is 5.16 Å². The number of aromatic nitrogens is 4. The lowest BCUT2D eigenvalue weighted by Gasteiger charge is -2.14. The second-order valence-electron chi connectivity index (χ2n) is 6.11. The molecule has 0 saturated heterocycles. The normalized spacial score (nSPS) is 14.6. The number of fused-ring (bicyclic) bond motifs is 1. The Kier molecular flexibility index (Phi) is 5.35. The van der Waals surface area contributed by atoms with Gasteiger partial charge in [-0.15, -0.1) is 5.10 Å². The topological polar surface area (TPSA) is 117 Å². The Morgan fingerprint density at radius 1 is 1.07 bits per heavy atom. The summed E-state index contributed by atoms with van der Waals surface area (Å²) in [6.07, 6.45) is 0. The first-order valence-electron chi connectivity index (χ1n) is 8.77. The first-order valence-corrected chi connectivity index (χ1v) is 11.2. The van der Waals surface area contributed by atoms with Crippen molar-refractivity contribution in [2.45, 2.75) is 10.1 Å². The number of rotatable bonds is 7. The molecule has 0 atom stereocenters. The smallest absolute Gasteiger partial charge is 0.272 e. The van der Waals surface area contributed by atoms with Gasteiger partial charge in [-0.05, 0) is 34.7 Å². The minimum atomic E-state index is -3.98. The number of tetrazole rings is 1. The van der Waals surface area contributed by atoms with Crippen molar-refractivity contribution in [3.63, 3.8) is 0 Å². The van der Waals surface area contributed by atoms with Gasteiger partial charge in [0, 0.05) is 12.3 Å². The predicted molar refractivity (Wildman–Crippen MR) is 108 cm³/mol. The van der Waals surface area contributed by atoms with Crippen LogP contribution in [0.15, 0.2) is 52.5 Å². The number of carbonyl (C=O) groups excluding carboxylic acids is 1. The van der Waals surface area contributed by atoms with Crippen LogP contribution in [0.25, 0.3) is 5.69 Å². The monoisotopic (exact) mass is 447 g/mol. The van der Waals surface area contributed by atoms with Crippen LogP contribution in [0.3, 0.4) is 0 Å². The maximum absolute atomic E-state index is 12.9. The Morgan fingerprint density at radius 2 is 1.83 bits per heavy atom. The number of benzene rings is 2. The average Bonchev–Trinajstić information content (AvgIpc) is 3.30. The molecule has 3 aromatic rings. The Labute approximate surface area is 176 Å². The Balaban J connectivity index is 1.54. The quantitative estimate of drug-likeness (QED) is 0.498. The van der Waals surface area contributed by atoms with Crippen molar-refractivity contribution in [3.8, 4) is 17.2 Å². The number of ether oxygens (including phenoxy) is 2. The van der Waals surface area contributed by atoms with Gasteiger partial charge in [-0.25, -0.2) is 12.7 Å². The summed E-state index contributed by atoms with van der Waals surface area (Å²) in [5, 5.41) is 12.1. The molecule has 2 heterocycles. The van der Waals surface area contributed by atoms with Crippen molar-refractivity contribution < 1.29 is 22.7 Å². The molecule has 1 amide bonds. The highest BCUT2D eigenvalue weighted by Gasteiger charge is 2.44. The van der Waals surface area contributed by atoms with E-state index in [0.29, 0.717) is 5.16 Å². The van der Waals surface area contributed by atoms with E-state index >= 15 is 0 Å². The summed E-state index contributed by atoms with van der Waals surface area (Å²) in [7, 11) is -1.20. The van der Waals surface area contributed by atoms with Gasteiger partial charge in [0.15, 0.2) is 11.5 Å². The van der Waals surface area contributed by atoms with Gasteiger partial charge in [0.25, 0.3) is 15.9 Å². The van der Waals surface area contributed by atoms with Crippen molar-refractivity contribution in [1.82, 2.24) is 24.5 Å². The Bertz CT molecular complexity index is 1200. The minimum Gasteiger partial charge on any atom is -0.493 e. The third kappa shape index (κ3) is 3.27. The van der Waals surface area contributed by atoms with Crippen LogP contribution in [-0.4, -0.2) is 65.4 Å². The van der Waals surface area contributed by atoms with E-state index in [1.807, 2.05) is 30.3 Å². The van der Waals surface area contributed by atoms with Gasteiger partial charge in [-0.1, -0.05) is 30.0 Å². The summed E-state index contributed by atoms with van der Waals surface area (Å²) >= 11 is 1.25. The Hall–Kier alpha value is -3.12. The van der Waals surface area contributed by atoms with Crippen LogP contribution >= 0.6 is 11.8 Å². The van der Waals surface area contributed by atoms with Gasteiger partial charge >= 0.3 is 0 Å². The number of para-hydroxylation sites is 1. The number of sulfonamides is 1. The van der Waals surface area contributed by atoms with Gasteiger partial charge < -0.3 is 9.47 Å². The standard InChI is InChI=1S/C18H17N5O5S2/c1-27-13-8-9-14-15(16(13)28-2)17(24)22(30(14,25)26)10-11-29-18-19-20-21-23(18)12-6-4-3-5-7-12/h3-9H,10-11H2,1-2H3. The number of carbonyl (C=O) groups is 1. The summed E-state index contributed by atoms with van der Waals surface area (Å²) in [6.45, 7) is -0.0480. The maximum Gasteiger partial charge on any atom is 0.272 e. The molecule has 0 radical (unpaired) electrons. The number of hydrogen-bond donors (Lipinski definition) is 0. The lowest BCUT2D eigenvalue weighted by molar-refractivity contribution is 0.0873. The van der Waals surface area contributed by atoms with Gasteiger partial charge in [-0.2, -0.15) is 4.68 Å². The summed E-state index contributed by atoms with van der Waals surface area (Å²) in [4.78, 5) is 12.8. The zero-order valence-corrected chi connectivity index (χ0v) is 17.7. The van der Waals surface area contributed by atoms with Crippen LogP contribution in [0, 0.1) is 0 Å². The molecule has 156 valence electrons. The summed E-state index contributed by atoms with van der Waals surface area (Å²) < 4.78 is 38.6. The number of nitrogens with zero attached hydrogens (tertiary/aromatic N) is 5. The molecule has 0 saturated carbocycles. The minimum absolute atomic E-state index is 0.0176. The number of thioether (sulfide) groups is 1. The number of hydrogen-bond acceptors (Lipinski definition) is 9. The fourth-order valence-corrected chi connectivity index (χ4v) is 5.61. The van der Waals surface area contributed by atoms with E-state index in [-0.39, 0.29) is 34.3 Å². The zero-order chi connectivity index (χ0) is 21.3. The average molecular weight is 447 g/mol. The molecular weight excluding hydrogens is 430 g/mol. The van der Waals surface area contributed by atoms with Crippen LogP contribution < -0.4 is 9.47 Å². The molecule has 0 fully saturated rings.